The normalized spacial score (nSPS) is 11.5. The second-order valence-electron chi connectivity index (χ2n) is 5.44. The number of phenolic OH excluding ortho intramolecular Hbond substituents is 1. The zero-order valence-corrected chi connectivity index (χ0v) is 12.0. The smallest absolute Gasteiger partial charge is 0.117 e. The average molecular weight is 249 g/mol. The summed E-state index contributed by atoms with van der Waals surface area (Å²) in [6.07, 6.45) is 7.29. The lowest BCUT2D eigenvalue weighted by atomic mass is 9.89. The molecule has 0 aromatic heterocycles. The van der Waals surface area contributed by atoms with Gasteiger partial charge in [0.15, 0.2) is 0 Å². The third-order valence-corrected chi connectivity index (χ3v) is 3.46. The Morgan fingerprint density at radius 2 is 1.72 bits per heavy atom. The van der Waals surface area contributed by atoms with Crippen LogP contribution in [0.5, 0.6) is 5.75 Å². The molecule has 0 bridgehead atoms. The van der Waals surface area contributed by atoms with Gasteiger partial charge in [0.05, 0.1) is 0 Å². The summed E-state index contributed by atoms with van der Waals surface area (Å²) >= 11 is 0. The lowest BCUT2D eigenvalue weighted by Gasteiger charge is -2.32. The third kappa shape index (κ3) is 4.99. The maximum absolute atomic E-state index is 9.52. The molecule has 0 aliphatic heterocycles. The predicted octanol–water partition coefficient (Wildman–Crippen LogP) is 4.94. The fraction of sp³-hybridized carbons (Fsp3) is 0.625. The number of nitrogens with one attached hydrogen (secondary N) is 1. The number of hydrogen-bond donors (Lipinski definition) is 2. The van der Waals surface area contributed by atoms with Crippen LogP contribution in [0.2, 0.25) is 0 Å². The highest BCUT2D eigenvalue weighted by molar-refractivity contribution is 5.49. The summed E-state index contributed by atoms with van der Waals surface area (Å²) in [6.45, 7) is 6.76. The Bertz CT molecular complexity index is 341. The number of unbranched alkanes of at least 4 members (excludes halogenated alkanes) is 2. The van der Waals surface area contributed by atoms with E-state index in [0.717, 1.165) is 5.69 Å². The Hall–Kier alpha value is -1.18. The van der Waals surface area contributed by atoms with Gasteiger partial charge in [0.25, 0.3) is 0 Å². The maximum atomic E-state index is 9.52. The SMILES string of the molecule is CCCCC(C)(CCCC)Nc1cccc(O)c1. The van der Waals surface area contributed by atoms with Gasteiger partial charge < -0.3 is 10.4 Å². The molecule has 2 N–H and O–H groups in total. The summed E-state index contributed by atoms with van der Waals surface area (Å²) in [5, 5.41) is 13.1. The quantitative estimate of drug-likeness (QED) is 0.683. The highest BCUT2D eigenvalue weighted by Crippen LogP contribution is 2.27. The Morgan fingerprint density at radius 3 is 2.22 bits per heavy atom. The van der Waals surface area contributed by atoms with E-state index in [0.29, 0.717) is 5.75 Å². The first-order valence-electron chi connectivity index (χ1n) is 7.17. The molecule has 18 heavy (non-hydrogen) atoms. The Kier molecular flexibility index (Phi) is 6.03. The van der Waals surface area contributed by atoms with Gasteiger partial charge in [-0.15, -0.1) is 0 Å². The van der Waals surface area contributed by atoms with Crippen LogP contribution in [0.25, 0.3) is 0 Å². The van der Waals surface area contributed by atoms with E-state index in [1.54, 1.807) is 12.1 Å². The average Bonchev–Trinajstić information content (AvgIpc) is 2.34. The van der Waals surface area contributed by atoms with E-state index in [1.165, 1.54) is 38.5 Å². The Labute approximate surface area is 111 Å². The monoisotopic (exact) mass is 249 g/mol. The van der Waals surface area contributed by atoms with Gasteiger partial charge in [-0.25, -0.2) is 0 Å². The van der Waals surface area contributed by atoms with Crippen molar-refractivity contribution in [3.05, 3.63) is 24.3 Å². The van der Waals surface area contributed by atoms with Crippen molar-refractivity contribution in [2.45, 2.75) is 64.8 Å². The molecule has 1 rings (SSSR count). The molecule has 0 spiro atoms. The van der Waals surface area contributed by atoms with Gasteiger partial charge in [-0.1, -0.05) is 45.6 Å². The van der Waals surface area contributed by atoms with E-state index < -0.39 is 0 Å². The summed E-state index contributed by atoms with van der Waals surface area (Å²) in [4.78, 5) is 0. The van der Waals surface area contributed by atoms with Gasteiger partial charge in [-0.2, -0.15) is 0 Å². The first kappa shape index (κ1) is 14.9. The van der Waals surface area contributed by atoms with Crippen LogP contribution in [0.3, 0.4) is 0 Å². The van der Waals surface area contributed by atoms with Crippen LogP contribution >= 0.6 is 0 Å². The minimum atomic E-state index is 0.139. The summed E-state index contributed by atoms with van der Waals surface area (Å²) in [5.74, 6) is 0.327. The molecule has 1 aromatic rings. The molecule has 0 saturated carbocycles. The summed E-state index contributed by atoms with van der Waals surface area (Å²) in [6, 6.07) is 7.42. The number of aromatic hydroxyl groups is 1. The Balaban J connectivity index is 2.70. The second kappa shape index (κ2) is 7.30. The third-order valence-electron chi connectivity index (χ3n) is 3.46. The van der Waals surface area contributed by atoms with E-state index in [-0.39, 0.29) is 5.54 Å². The highest BCUT2D eigenvalue weighted by atomic mass is 16.3. The molecule has 0 fully saturated rings. The van der Waals surface area contributed by atoms with Crippen molar-refractivity contribution in [2.24, 2.45) is 0 Å². The molecule has 0 unspecified atom stereocenters. The molecule has 0 radical (unpaired) electrons. The number of rotatable bonds is 8. The number of anilines is 1. The van der Waals surface area contributed by atoms with Crippen molar-refractivity contribution in [3.63, 3.8) is 0 Å². The molecule has 0 aliphatic rings. The first-order chi connectivity index (χ1) is 8.59. The van der Waals surface area contributed by atoms with Gasteiger partial charge in [0.2, 0.25) is 0 Å². The van der Waals surface area contributed by atoms with E-state index in [1.807, 2.05) is 12.1 Å². The van der Waals surface area contributed by atoms with Crippen LogP contribution < -0.4 is 5.32 Å². The van der Waals surface area contributed by atoms with Crippen LogP contribution in [0.4, 0.5) is 5.69 Å². The molecular weight excluding hydrogens is 222 g/mol. The largest absolute Gasteiger partial charge is 0.508 e. The molecule has 0 atom stereocenters. The van der Waals surface area contributed by atoms with Crippen LogP contribution in [-0.2, 0) is 0 Å². The van der Waals surface area contributed by atoms with Crippen molar-refractivity contribution in [1.82, 2.24) is 0 Å². The van der Waals surface area contributed by atoms with Crippen LogP contribution in [0.15, 0.2) is 24.3 Å². The van der Waals surface area contributed by atoms with Gasteiger partial charge >= 0.3 is 0 Å². The van der Waals surface area contributed by atoms with Gasteiger partial charge in [-0.05, 0) is 31.9 Å². The molecule has 1 aromatic carbocycles. The second-order valence-corrected chi connectivity index (χ2v) is 5.44. The molecular formula is C16H27NO. The van der Waals surface area contributed by atoms with E-state index in [4.69, 9.17) is 0 Å². The van der Waals surface area contributed by atoms with Gasteiger partial charge in [0.1, 0.15) is 5.75 Å². The summed E-state index contributed by atoms with van der Waals surface area (Å²) in [5.41, 5.74) is 1.16. The van der Waals surface area contributed by atoms with Crippen LogP contribution in [0.1, 0.15) is 59.3 Å². The van der Waals surface area contributed by atoms with Crippen molar-refractivity contribution >= 4 is 5.69 Å². The van der Waals surface area contributed by atoms with E-state index >= 15 is 0 Å². The minimum absolute atomic E-state index is 0.139. The van der Waals surface area contributed by atoms with Crippen molar-refractivity contribution in [3.8, 4) is 5.75 Å². The summed E-state index contributed by atoms with van der Waals surface area (Å²) in [7, 11) is 0. The Morgan fingerprint density at radius 1 is 1.11 bits per heavy atom. The zero-order chi connectivity index (χ0) is 13.4. The van der Waals surface area contributed by atoms with Crippen molar-refractivity contribution < 1.29 is 5.11 Å². The summed E-state index contributed by atoms with van der Waals surface area (Å²) < 4.78 is 0. The number of phenols is 1. The molecule has 102 valence electrons. The standard InChI is InChI=1S/C16H27NO/c1-4-6-11-16(3,12-7-5-2)17-14-9-8-10-15(18)13-14/h8-10,13,17-18H,4-7,11-12H2,1-3H3. The molecule has 2 heteroatoms. The lowest BCUT2D eigenvalue weighted by molar-refractivity contribution is 0.407. The van der Waals surface area contributed by atoms with Crippen LogP contribution in [-0.4, -0.2) is 10.6 Å². The fourth-order valence-corrected chi connectivity index (χ4v) is 2.32. The maximum Gasteiger partial charge on any atom is 0.117 e. The highest BCUT2D eigenvalue weighted by Gasteiger charge is 2.22. The molecule has 0 amide bonds. The van der Waals surface area contributed by atoms with Gasteiger partial charge in [-0.3, -0.25) is 0 Å². The predicted molar refractivity (Wildman–Crippen MR) is 79.2 cm³/mol. The fourth-order valence-electron chi connectivity index (χ4n) is 2.32. The first-order valence-corrected chi connectivity index (χ1v) is 7.17. The molecule has 0 aliphatic carbocycles. The van der Waals surface area contributed by atoms with Crippen LogP contribution in [0, 0.1) is 0 Å². The number of benzene rings is 1. The molecule has 0 saturated heterocycles. The lowest BCUT2D eigenvalue weighted by Crippen LogP contribution is -2.34. The van der Waals surface area contributed by atoms with E-state index in [9.17, 15) is 5.11 Å². The minimum Gasteiger partial charge on any atom is -0.508 e. The van der Waals surface area contributed by atoms with E-state index in [2.05, 4.69) is 26.1 Å². The van der Waals surface area contributed by atoms with Crippen molar-refractivity contribution in [2.75, 3.05) is 5.32 Å². The van der Waals surface area contributed by atoms with Crippen molar-refractivity contribution in [1.29, 1.82) is 0 Å². The number of hydrogen-bond acceptors (Lipinski definition) is 2. The topological polar surface area (TPSA) is 32.3 Å². The molecule has 0 heterocycles. The zero-order valence-electron chi connectivity index (χ0n) is 12.0. The van der Waals surface area contributed by atoms with Gasteiger partial charge in [0, 0.05) is 17.3 Å². The molecule has 2 nitrogen and oxygen atoms in total.